The maximum Gasteiger partial charge on any atom is 0.307 e. The van der Waals surface area contributed by atoms with Gasteiger partial charge in [-0.15, -0.1) is 23.1 Å². The zero-order valence-corrected chi connectivity index (χ0v) is 14.2. The predicted molar refractivity (Wildman–Crippen MR) is 95.0 cm³/mol. The van der Waals surface area contributed by atoms with Gasteiger partial charge in [0.1, 0.15) is 5.82 Å². The first kappa shape index (κ1) is 15.6. The number of halogens is 1. The highest BCUT2D eigenvalue weighted by atomic mass is 32.2. The summed E-state index contributed by atoms with van der Waals surface area (Å²) in [4.78, 5) is 16.5. The summed E-state index contributed by atoms with van der Waals surface area (Å²) in [7, 11) is 0. The van der Waals surface area contributed by atoms with E-state index in [1.54, 1.807) is 35.4 Å². The van der Waals surface area contributed by atoms with Crippen LogP contribution in [-0.2, 0) is 4.79 Å². The number of nitrogens with zero attached hydrogens (tertiary/aromatic N) is 1. The Morgan fingerprint density at radius 1 is 1.25 bits per heavy atom. The normalized spacial score (nSPS) is 20.0. The quantitative estimate of drug-likeness (QED) is 0.707. The Hall–Kier alpha value is -1.92. The predicted octanol–water partition coefficient (Wildman–Crippen LogP) is 5.06. The fourth-order valence-electron chi connectivity index (χ4n) is 2.90. The Bertz CT molecular complexity index is 924. The third-order valence-corrected chi connectivity index (χ3v) is 7.03. The minimum Gasteiger partial charge on any atom is -0.481 e. The highest BCUT2D eigenvalue weighted by Gasteiger charge is 2.37. The highest BCUT2D eigenvalue weighted by molar-refractivity contribution is 8.01. The molecule has 3 nitrogen and oxygen atoms in total. The fraction of sp³-hybridized carbons (Fsp3) is 0.222. The highest BCUT2D eigenvalue weighted by Crippen LogP contribution is 2.45. The van der Waals surface area contributed by atoms with Gasteiger partial charge < -0.3 is 5.11 Å². The van der Waals surface area contributed by atoms with E-state index < -0.39 is 5.97 Å². The summed E-state index contributed by atoms with van der Waals surface area (Å²) in [6.07, 6.45) is 3.44. The number of aromatic nitrogens is 1. The summed E-state index contributed by atoms with van der Waals surface area (Å²) < 4.78 is 14.7. The van der Waals surface area contributed by atoms with E-state index >= 15 is 0 Å². The third kappa shape index (κ3) is 2.80. The number of pyridine rings is 1. The van der Waals surface area contributed by atoms with E-state index in [9.17, 15) is 9.18 Å². The molecule has 2 unspecified atom stereocenters. The number of aliphatic carboxylic acids is 1. The van der Waals surface area contributed by atoms with E-state index in [1.807, 2.05) is 18.2 Å². The van der Waals surface area contributed by atoms with Gasteiger partial charge >= 0.3 is 5.97 Å². The van der Waals surface area contributed by atoms with Gasteiger partial charge in [0.25, 0.3) is 0 Å². The minimum atomic E-state index is -0.703. The topological polar surface area (TPSA) is 50.2 Å². The van der Waals surface area contributed by atoms with Crippen LogP contribution >= 0.6 is 23.1 Å². The van der Waals surface area contributed by atoms with E-state index in [2.05, 4.69) is 4.98 Å². The molecule has 2 aromatic heterocycles. The molecule has 1 aromatic carbocycles. The summed E-state index contributed by atoms with van der Waals surface area (Å²) in [6.45, 7) is 0. The molecule has 1 N–H and O–H groups in total. The molecule has 0 amide bonds. The van der Waals surface area contributed by atoms with E-state index in [4.69, 9.17) is 5.11 Å². The molecular weight excluding hydrogens is 345 g/mol. The second-order valence-electron chi connectivity index (χ2n) is 5.82. The number of thioether (sulfide) groups is 1. The van der Waals surface area contributed by atoms with Crippen LogP contribution in [-0.4, -0.2) is 21.3 Å². The molecule has 0 bridgehead atoms. The Morgan fingerprint density at radius 2 is 2.12 bits per heavy atom. The molecule has 0 aliphatic heterocycles. The Morgan fingerprint density at radius 3 is 2.88 bits per heavy atom. The van der Waals surface area contributed by atoms with Crippen molar-refractivity contribution >= 4 is 40.0 Å². The van der Waals surface area contributed by atoms with Gasteiger partial charge in [0.15, 0.2) is 0 Å². The lowest BCUT2D eigenvalue weighted by molar-refractivity contribution is -0.144. The van der Waals surface area contributed by atoms with Crippen LogP contribution in [0.5, 0.6) is 0 Å². The Labute approximate surface area is 146 Å². The van der Waals surface area contributed by atoms with E-state index in [1.165, 1.54) is 12.1 Å². The maximum absolute atomic E-state index is 13.6. The second-order valence-corrected chi connectivity index (χ2v) is 8.44. The lowest BCUT2D eigenvalue weighted by Gasteiger charge is -2.32. The van der Waals surface area contributed by atoms with Crippen molar-refractivity contribution in [2.75, 3.05) is 0 Å². The zero-order chi connectivity index (χ0) is 16.7. The SMILES string of the molecule is O=C(O)C1CCC1Sc1ccc(-c2ccnc3ccc(F)cc23)s1. The van der Waals surface area contributed by atoms with Crippen LogP contribution in [0.4, 0.5) is 4.39 Å². The molecule has 0 spiro atoms. The molecule has 1 aliphatic rings. The first-order chi connectivity index (χ1) is 11.6. The molecule has 122 valence electrons. The van der Waals surface area contributed by atoms with Crippen molar-refractivity contribution in [1.82, 2.24) is 4.98 Å². The van der Waals surface area contributed by atoms with Gasteiger partial charge in [0.2, 0.25) is 0 Å². The van der Waals surface area contributed by atoms with E-state index in [0.29, 0.717) is 0 Å². The molecule has 4 rings (SSSR count). The van der Waals surface area contributed by atoms with Crippen molar-refractivity contribution in [1.29, 1.82) is 0 Å². The van der Waals surface area contributed by atoms with Gasteiger partial charge in [-0.2, -0.15) is 0 Å². The number of hydrogen-bond acceptors (Lipinski definition) is 4. The number of carbonyl (C=O) groups is 1. The van der Waals surface area contributed by atoms with Crippen LogP contribution in [0.25, 0.3) is 21.3 Å². The van der Waals surface area contributed by atoms with Gasteiger partial charge in [-0.3, -0.25) is 9.78 Å². The Kier molecular flexibility index (Phi) is 4.02. The molecule has 24 heavy (non-hydrogen) atoms. The van der Waals surface area contributed by atoms with Crippen LogP contribution in [0.15, 0.2) is 46.8 Å². The van der Waals surface area contributed by atoms with E-state index in [-0.39, 0.29) is 17.0 Å². The largest absolute Gasteiger partial charge is 0.481 e. The summed E-state index contributed by atoms with van der Waals surface area (Å²) >= 11 is 3.26. The number of carboxylic acids is 1. The summed E-state index contributed by atoms with van der Waals surface area (Å²) in [6, 6.07) is 10.5. The van der Waals surface area contributed by atoms with Gasteiger partial charge in [-0.25, -0.2) is 4.39 Å². The van der Waals surface area contributed by atoms with Crippen LogP contribution in [0.1, 0.15) is 12.8 Å². The number of carboxylic acid groups (broad SMARTS) is 1. The van der Waals surface area contributed by atoms with Crippen molar-refractivity contribution in [2.45, 2.75) is 22.3 Å². The first-order valence-electron chi connectivity index (χ1n) is 7.66. The van der Waals surface area contributed by atoms with Gasteiger partial charge in [0, 0.05) is 27.3 Å². The first-order valence-corrected chi connectivity index (χ1v) is 9.35. The minimum absolute atomic E-state index is 0.153. The molecular formula is C18H14FNO2S2. The molecule has 1 aliphatic carbocycles. The molecule has 1 fully saturated rings. The summed E-state index contributed by atoms with van der Waals surface area (Å²) in [5.41, 5.74) is 1.72. The molecule has 6 heteroatoms. The molecule has 2 heterocycles. The Balaban J connectivity index is 1.64. The molecule has 1 saturated carbocycles. The van der Waals surface area contributed by atoms with Gasteiger partial charge in [-0.05, 0) is 49.2 Å². The van der Waals surface area contributed by atoms with Crippen molar-refractivity contribution in [2.24, 2.45) is 5.92 Å². The number of hydrogen-bond donors (Lipinski definition) is 1. The van der Waals surface area contributed by atoms with Crippen molar-refractivity contribution in [3.05, 3.63) is 48.4 Å². The van der Waals surface area contributed by atoms with Crippen LogP contribution in [0.3, 0.4) is 0 Å². The average Bonchev–Trinajstić information content (AvgIpc) is 2.99. The summed E-state index contributed by atoms with van der Waals surface area (Å²) in [5, 5.41) is 10.1. The van der Waals surface area contributed by atoms with Gasteiger partial charge in [-0.1, -0.05) is 0 Å². The lowest BCUT2D eigenvalue weighted by atomic mass is 9.85. The van der Waals surface area contributed by atoms with E-state index in [0.717, 1.165) is 38.4 Å². The molecule has 2 atom stereocenters. The number of rotatable bonds is 4. The standard InChI is InChI=1S/C18H14FNO2S2/c19-10-1-3-14-13(9-10)11(7-8-20-14)15-5-6-17(23-15)24-16-4-2-12(16)18(21)22/h1,3,5-9,12,16H,2,4H2,(H,21,22). The van der Waals surface area contributed by atoms with Crippen LogP contribution in [0, 0.1) is 11.7 Å². The third-order valence-electron chi connectivity index (χ3n) is 4.35. The molecule has 3 aromatic rings. The smallest absolute Gasteiger partial charge is 0.307 e. The zero-order valence-electron chi connectivity index (χ0n) is 12.6. The average molecular weight is 359 g/mol. The maximum atomic E-state index is 13.6. The molecule has 0 saturated heterocycles. The van der Waals surface area contributed by atoms with Gasteiger partial charge in [0.05, 0.1) is 15.6 Å². The van der Waals surface area contributed by atoms with Crippen molar-refractivity contribution < 1.29 is 14.3 Å². The molecule has 0 radical (unpaired) electrons. The van der Waals surface area contributed by atoms with Crippen LogP contribution < -0.4 is 0 Å². The summed E-state index contributed by atoms with van der Waals surface area (Å²) in [5.74, 6) is -1.22. The number of fused-ring (bicyclic) bond motifs is 1. The van der Waals surface area contributed by atoms with Crippen LogP contribution in [0.2, 0.25) is 0 Å². The van der Waals surface area contributed by atoms with Crippen molar-refractivity contribution in [3.8, 4) is 10.4 Å². The lowest BCUT2D eigenvalue weighted by Crippen LogP contribution is -2.34. The number of thiophene rings is 1. The monoisotopic (exact) mass is 359 g/mol. The fourth-order valence-corrected chi connectivity index (χ4v) is 5.63. The van der Waals surface area contributed by atoms with Crippen molar-refractivity contribution in [3.63, 3.8) is 0 Å². The second kappa shape index (κ2) is 6.18. The number of benzene rings is 1.